The summed E-state index contributed by atoms with van der Waals surface area (Å²) in [7, 11) is 0. The number of rotatable bonds is 4. The summed E-state index contributed by atoms with van der Waals surface area (Å²) in [5, 5.41) is 12.1. The molecule has 1 heterocycles. The van der Waals surface area contributed by atoms with Crippen molar-refractivity contribution in [2.45, 2.75) is 25.3 Å². The summed E-state index contributed by atoms with van der Waals surface area (Å²) in [6, 6.07) is 5.46. The minimum atomic E-state index is -0.950. The second kappa shape index (κ2) is 6.46. The van der Waals surface area contributed by atoms with Crippen molar-refractivity contribution in [1.82, 2.24) is 4.90 Å². The fraction of sp³-hybridized carbons (Fsp3) is 0.429. The molecule has 7 heteroatoms. The third kappa shape index (κ3) is 3.64. The zero-order valence-electron chi connectivity index (χ0n) is 11.5. The lowest BCUT2D eigenvalue weighted by Gasteiger charge is -2.30. The maximum absolute atomic E-state index is 12.1. The van der Waals surface area contributed by atoms with E-state index in [4.69, 9.17) is 0 Å². The Morgan fingerprint density at radius 1 is 1.43 bits per heavy atom. The first-order valence-corrected chi connectivity index (χ1v) is 8.15. The Morgan fingerprint density at radius 2 is 2.14 bits per heavy atom. The number of amides is 1. The lowest BCUT2D eigenvalue weighted by Crippen LogP contribution is -2.50. The smallest absolute Gasteiger partial charge is 0.323 e. The lowest BCUT2D eigenvalue weighted by molar-refractivity contribution is -0.149. The van der Waals surface area contributed by atoms with Gasteiger partial charge in [-0.15, -0.1) is 0 Å². The molecule has 21 heavy (non-hydrogen) atoms. The molecule has 114 valence electrons. The standard InChI is InChI=1S/C14H16Br2N2O3/c1-14(13(20)21)5-2-6-18(14)8-12(19)17-11-4-3-9(15)7-10(11)16/h3-4,7H,2,5-6,8H2,1H3,(H,17,19)(H,20,21). The van der Waals surface area contributed by atoms with Crippen LogP contribution in [0.15, 0.2) is 27.1 Å². The second-order valence-electron chi connectivity index (χ2n) is 5.28. The van der Waals surface area contributed by atoms with Gasteiger partial charge in [0.05, 0.1) is 12.2 Å². The molecule has 1 fully saturated rings. The van der Waals surface area contributed by atoms with E-state index in [9.17, 15) is 14.7 Å². The molecule has 2 rings (SSSR count). The molecule has 1 aliphatic heterocycles. The van der Waals surface area contributed by atoms with Gasteiger partial charge in [0, 0.05) is 8.95 Å². The number of anilines is 1. The number of benzene rings is 1. The highest BCUT2D eigenvalue weighted by molar-refractivity contribution is 9.11. The third-order valence-corrected chi connectivity index (χ3v) is 4.94. The second-order valence-corrected chi connectivity index (χ2v) is 7.05. The van der Waals surface area contributed by atoms with E-state index in [1.165, 1.54) is 0 Å². The maximum Gasteiger partial charge on any atom is 0.323 e. The van der Waals surface area contributed by atoms with E-state index in [-0.39, 0.29) is 12.5 Å². The Morgan fingerprint density at radius 3 is 2.76 bits per heavy atom. The van der Waals surface area contributed by atoms with Gasteiger partial charge in [-0.2, -0.15) is 0 Å². The van der Waals surface area contributed by atoms with E-state index < -0.39 is 11.5 Å². The molecule has 0 radical (unpaired) electrons. The van der Waals surface area contributed by atoms with Crippen molar-refractivity contribution < 1.29 is 14.7 Å². The molecule has 1 aromatic rings. The highest BCUT2D eigenvalue weighted by Gasteiger charge is 2.43. The van der Waals surface area contributed by atoms with Crippen LogP contribution in [-0.2, 0) is 9.59 Å². The quantitative estimate of drug-likeness (QED) is 0.786. The van der Waals surface area contributed by atoms with Gasteiger partial charge >= 0.3 is 5.97 Å². The number of hydrogen-bond acceptors (Lipinski definition) is 3. The lowest BCUT2D eigenvalue weighted by atomic mass is 9.99. The molecule has 0 bridgehead atoms. The molecule has 0 aliphatic carbocycles. The van der Waals surface area contributed by atoms with Gasteiger partial charge in [-0.1, -0.05) is 15.9 Å². The molecular weight excluding hydrogens is 404 g/mol. The zero-order chi connectivity index (χ0) is 15.6. The van der Waals surface area contributed by atoms with Crippen LogP contribution < -0.4 is 5.32 Å². The molecule has 1 atom stereocenters. The van der Waals surface area contributed by atoms with Crippen LogP contribution in [0.5, 0.6) is 0 Å². The number of likely N-dealkylation sites (tertiary alicyclic amines) is 1. The summed E-state index contributed by atoms with van der Waals surface area (Å²) in [6.45, 7) is 2.37. The van der Waals surface area contributed by atoms with Crippen LogP contribution in [0.25, 0.3) is 0 Å². The number of hydrogen-bond donors (Lipinski definition) is 2. The average molecular weight is 420 g/mol. The van der Waals surface area contributed by atoms with Gasteiger partial charge in [0.15, 0.2) is 0 Å². The Bertz CT molecular complexity index is 579. The molecule has 1 aliphatic rings. The molecule has 0 aromatic heterocycles. The number of halogens is 2. The fourth-order valence-electron chi connectivity index (χ4n) is 2.47. The van der Waals surface area contributed by atoms with E-state index in [2.05, 4.69) is 37.2 Å². The van der Waals surface area contributed by atoms with Gasteiger partial charge < -0.3 is 10.4 Å². The van der Waals surface area contributed by atoms with Crippen LogP contribution in [0.4, 0.5) is 5.69 Å². The van der Waals surface area contributed by atoms with Crippen molar-refractivity contribution in [3.63, 3.8) is 0 Å². The summed E-state index contributed by atoms with van der Waals surface area (Å²) in [5.41, 5.74) is -0.284. The van der Waals surface area contributed by atoms with E-state index in [0.29, 0.717) is 18.7 Å². The average Bonchev–Trinajstić information content (AvgIpc) is 2.76. The van der Waals surface area contributed by atoms with Crippen molar-refractivity contribution in [1.29, 1.82) is 0 Å². The fourth-order valence-corrected chi connectivity index (χ4v) is 3.61. The molecule has 1 aromatic carbocycles. The minimum absolute atomic E-state index is 0.0747. The van der Waals surface area contributed by atoms with E-state index >= 15 is 0 Å². The van der Waals surface area contributed by atoms with Gasteiger partial charge in [0.2, 0.25) is 5.91 Å². The molecular formula is C14H16Br2N2O3. The number of carboxylic acid groups (broad SMARTS) is 1. The minimum Gasteiger partial charge on any atom is -0.480 e. The largest absolute Gasteiger partial charge is 0.480 e. The number of carboxylic acids is 1. The Kier molecular flexibility index (Phi) is 5.06. The van der Waals surface area contributed by atoms with E-state index in [0.717, 1.165) is 15.4 Å². The van der Waals surface area contributed by atoms with Gasteiger partial charge in [0.25, 0.3) is 0 Å². The first-order chi connectivity index (χ1) is 9.83. The van der Waals surface area contributed by atoms with Crippen LogP contribution in [0, 0.1) is 0 Å². The van der Waals surface area contributed by atoms with Crippen molar-refractivity contribution in [3.8, 4) is 0 Å². The molecule has 0 saturated carbocycles. The van der Waals surface area contributed by atoms with Crippen molar-refractivity contribution >= 4 is 49.4 Å². The van der Waals surface area contributed by atoms with Crippen molar-refractivity contribution in [3.05, 3.63) is 27.1 Å². The van der Waals surface area contributed by atoms with Crippen LogP contribution in [0.3, 0.4) is 0 Å². The molecule has 0 spiro atoms. The Labute approximate surface area is 140 Å². The van der Waals surface area contributed by atoms with Gasteiger partial charge in [-0.3, -0.25) is 14.5 Å². The monoisotopic (exact) mass is 418 g/mol. The van der Waals surface area contributed by atoms with Crippen LogP contribution in [0.2, 0.25) is 0 Å². The number of nitrogens with zero attached hydrogens (tertiary/aromatic N) is 1. The van der Waals surface area contributed by atoms with Gasteiger partial charge in [-0.25, -0.2) is 0 Å². The summed E-state index contributed by atoms with van der Waals surface area (Å²) >= 11 is 6.73. The third-order valence-electron chi connectivity index (χ3n) is 3.79. The number of carbonyl (C=O) groups is 2. The van der Waals surface area contributed by atoms with E-state index in [1.807, 2.05) is 12.1 Å². The van der Waals surface area contributed by atoms with Crippen LogP contribution in [-0.4, -0.2) is 40.5 Å². The Balaban J connectivity index is 2.03. The SMILES string of the molecule is CC1(C(=O)O)CCCN1CC(=O)Nc1ccc(Br)cc1Br. The molecule has 1 saturated heterocycles. The molecule has 1 unspecified atom stereocenters. The number of nitrogens with one attached hydrogen (secondary N) is 1. The predicted octanol–water partition coefficient (Wildman–Crippen LogP) is 3.09. The topological polar surface area (TPSA) is 69.6 Å². The van der Waals surface area contributed by atoms with E-state index in [1.54, 1.807) is 17.9 Å². The normalized spacial score (nSPS) is 22.2. The summed E-state index contributed by atoms with van der Waals surface area (Å²) in [4.78, 5) is 25.2. The van der Waals surface area contributed by atoms with Gasteiger partial charge in [-0.05, 0) is 60.4 Å². The van der Waals surface area contributed by atoms with Crippen molar-refractivity contribution in [2.24, 2.45) is 0 Å². The summed E-state index contributed by atoms with van der Waals surface area (Å²) in [5.74, 6) is -1.09. The molecule has 1 amide bonds. The zero-order valence-corrected chi connectivity index (χ0v) is 14.7. The van der Waals surface area contributed by atoms with Crippen LogP contribution in [0.1, 0.15) is 19.8 Å². The molecule has 2 N–H and O–H groups in total. The summed E-state index contributed by atoms with van der Waals surface area (Å²) < 4.78 is 1.68. The summed E-state index contributed by atoms with van der Waals surface area (Å²) in [6.07, 6.45) is 1.36. The predicted molar refractivity (Wildman–Crippen MR) is 87.3 cm³/mol. The highest BCUT2D eigenvalue weighted by atomic mass is 79.9. The first-order valence-electron chi connectivity index (χ1n) is 6.56. The highest BCUT2D eigenvalue weighted by Crippen LogP contribution is 2.29. The number of carbonyl (C=O) groups excluding carboxylic acids is 1. The van der Waals surface area contributed by atoms with Crippen LogP contribution >= 0.6 is 31.9 Å². The maximum atomic E-state index is 12.1. The molecule has 5 nitrogen and oxygen atoms in total. The van der Waals surface area contributed by atoms with Crippen molar-refractivity contribution in [2.75, 3.05) is 18.4 Å². The Hall–Kier alpha value is -0.920. The number of aliphatic carboxylic acids is 1. The first kappa shape index (κ1) is 16.5. The van der Waals surface area contributed by atoms with Gasteiger partial charge in [0.1, 0.15) is 5.54 Å².